The van der Waals surface area contributed by atoms with Crippen molar-refractivity contribution in [2.75, 3.05) is 26.2 Å². The fourth-order valence-electron chi connectivity index (χ4n) is 4.91. The predicted molar refractivity (Wildman–Crippen MR) is 141 cm³/mol. The van der Waals surface area contributed by atoms with E-state index < -0.39 is 0 Å². The van der Waals surface area contributed by atoms with E-state index in [-0.39, 0.29) is 30.3 Å². The second kappa shape index (κ2) is 12.2. The van der Waals surface area contributed by atoms with E-state index in [1.807, 2.05) is 41.3 Å². The minimum atomic E-state index is -0.105. The molecule has 38 heavy (non-hydrogen) atoms. The number of hydrogen-bond acceptors (Lipinski definition) is 7. The lowest BCUT2D eigenvalue weighted by atomic mass is 9.94. The SMILES string of the molecule is O=C(CCn1cnnn1)NCC1CN(C(=O)c2cccnc2)CCN1C(c1ccccc1)c1ccccc1. The highest BCUT2D eigenvalue weighted by atomic mass is 16.2. The normalized spacial score (nSPS) is 15.9. The van der Waals surface area contributed by atoms with Crippen LogP contribution in [0, 0.1) is 0 Å². The molecule has 10 nitrogen and oxygen atoms in total. The molecule has 0 spiro atoms. The van der Waals surface area contributed by atoms with Crippen LogP contribution < -0.4 is 5.32 Å². The van der Waals surface area contributed by atoms with Gasteiger partial charge in [-0.25, -0.2) is 4.68 Å². The highest BCUT2D eigenvalue weighted by Gasteiger charge is 2.35. The van der Waals surface area contributed by atoms with Gasteiger partial charge in [0.05, 0.1) is 18.2 Å². The second-order valence-corrected chi connectivity index (χ2v) is 9.24. The Labute approximate surface area is 221 Å². The van der Waals surface area contributed by atoms with Crippen LogP contribution in [0.4, 0.5) is 0 Å². The number of hydrogen-bond donors (Lipinski definition) is 1. The molecule has 3 heterocycles. The second-order valence-electron chi connectivity index (χ2n) is 9.24. The van der Waals surface area contributed by atoms with Gasteiger partial charge in [0, 0.05) is 51.0 Å². The molecule has 0 bridgehead atoms. The Morgan fingerprint density at radius 1 is 0.947 bits per heavy atom. The quantitative estimate of drug-likeness (QED) is 0.368. The van der Waals surface area contributed by atoms with E-state index in [9.17, 15) is 9.59 Å². The molecule has 0 radical (unpaired) electrons. The first kappa shape index (κ1) is 25.2. The summed E-state index contributed by atoms with van der Waals surface area (Å²) in [6, 6.07) is 24.2. The van der Waals surface area contributed by atoms with Gasteiger partial charge in [0.2, 0.25) is 5.91 Å². The van der Waals surface area contributed by atoms with E-state index in [4.69, 9.17) is 0 Å². The Balaban J connectivity index is 1.38. The van der Waals surface area contributed by atoms with Crippen LogP contribution in [0.25, 0.3) is 0 Å². The summed E-state index contributed by atoms with van der Waals surface area (Å²) in [5.41, 5.74) is 2.90. The van der Waals surface area contributed by atoms with Gasteiger partial charge >= 0.3 is 0 Å². The molecule has 1 saturated heterocycles. The smallest absolute Gasteiger partial charge is 0.255 e. The monoisotopic (exact) mass is 510 g/mol. The summed E-state index contributed by atoms with van der Waals surface area (Å²) < 4.78 is 1.53. The first-order valence-electron chi connectivity index (χ1n) is 12.7. The molecule has 2 amide bonds. The average Bonchev–Trinajstić information content (AvgIpc) is 3.51. The van der Waals surface area contributed by atoms with E-state index in [2.05, 4.69) is 55.0 Å². The largest absolute Gasteiger partial charge is 0.354 e. The number of rotatable bonds is 9. The number of amides is 2. The first-order valence-corrected chi connectivity index (χ1v) is 12.7. The molecule has 1 N–H and O–H groups in total. The van der Waals surface area contributed by atoms with E-state index >= 15 is 0 Å². The van der Waals surface area contributed by atoms with E-state index in [1.54, 1.807) is 24.5 Å². The lowest BCUT2D eigenvalue weighted by Crippen LogP contribution is -2.59. The van der Waals surface area contributed by atoms with Crippen molar-refractivity contribution in [3.63, 3.8) is 0 Å². The molecule has 0 aliphatic carbocycles. The molecule has 10 heteroatoms. The standard InChI is InChI=1S/C28H30N8O2/c37-26(13-15-35-21-31-32-33-35)30-19-25-20-34(28(38)24-12-7-14-29-18-24)16-17-36(25)27(22-8-3-1-4-9-22)23-10-5-2-6-11-23/h1-12,14,18,21,25,27H,13,15-17,19-20H2,(H,30,37). The number of tetrazole rings is 1. The van der Waals surface area contributed by atoms with Crippen molar-refractivity contribution in [3.05, 3.63) is 108 Å². The highest BCUT2D eigenvalue weighted by molar-refractivity contribution is 5.94. The van der Waals surface area contributed by atoms with Crippen LogP contribution in [0.5, 0.6) is 0 Å². The Morgan fingerprint density at radius 3 is 2.32 bits per heavy atom. The van der Waals surface area contributed by atoms with Crippen molar-refractivity contribution in [1.82, 2.24) is 40.3 Å². The fraction of sp³-hybridized carbons (Fsp3) is 0.286. The summed E-state index contributed by atoms with van der Waals surface area (Å²) in [5.74, 6) is -0.143. The van der Waals surface area contributed by atoms with Crippen molar-refractivity contribution >= 4 is 11.8 Å². The molecule has 1 aliphatic heterocycles. The van der Waals surface area contributed by atoms with Crippen LogP contribution in [-0.2, 0) is 11.3 Å². The zero-order valence-corrected chi connectivity index (χ0v) is 21.0. The van der Waals surface area contributed by atoms with Crippen LogP contribution in [0.2, 0.25) is 0 Å². The molecule has 1 aliphatic rings. The Bertz CT molecular complexity index is 1260. The van der Waals surface area contributed by atoms with Crippen molar-refractivity contribution in [1.29, 1.82) is 0 Å². The Morgan fingerprint density at radius 2 is 1.68 bits per heavy atom. The molecular weight excluding hydrogens is 480 g/mol. The van der Waals surface area contributed by atoms with Gasteiger partial charge in [-0.1, -0.05) is 60.7 Å². The van der Waals surface area contributed by atoms with E-state index in [0.29, 0.717) is 38.3 Å². The van der Waals surface area contributed by atoms with Crippen molar-refractivity contribution < 1.29 is 9.59 Å². The van der Waals surface area contributed by atoms with Gasteiger partial charge in [-0.2, -0.15) is 0 Å². The third kappa shape index (κ3) is 6.09. The average molecular weight is 511 g/mol. The number of aromatic nitrogens is 5. The third-order valence-corrected chi connectivity index (χ3v) is 6.78. The van der Waals surface area contributed by atoms with Gasteiger partial charge in [-0.05, 0) is 33.7 Å². The van der Waals surface area contributed by atoms with Gasteiger partial charge in [0.1, 0.15) is 6.33 Å². The zero-order chi connectivity index (χ0) is 26.2. The topological polar surface area (TPSA) is 109 Å². The zero-order valence-electron chi connectivity index (χ0n) is 21.0. The summed E-state index contributed by atoms with van der Waals surface area (Å²) in [4.78, 5) is 34.4. The lowest BCUT2D eigenvalue weighted by molar-refractivity contribution is -0.121. The molecule has 0 saturated carbocycles. The highest BCUT2D eigenvalue weighted by Crippen LogP contribution is 2.32. The fourth-order valence-corrected chi connectivity index (χ4v) is 4.91. The number of pyridine rings is 1. The summed E-state index contributed by atoms with van der Waals surface area (Å²) in [7, 11) is 0. The molecular formula is C28H30N8O2. The first-order chi connectivity index (χ1) is 18.7. The molecule has 2 aromatic heterocycles. The molecule has 1 fully saturated rings. The van der Waals surface area contributed by atoms with Crippen LogP contribution in [0.1, 0.15) is 33.9 Å². The van der Waals surface area contributed by atoms with Crippen LogP contribution >= 0.6 is 0 Å². The Hall–Kier alpha value is -4.44. The summed E-state index contributed by atoms with van der Waals surface area (Å²) in [5, 5.41) is 14.1. The summed E-state index contributed by atoms with van der Waals surface area (Å²) in [6.07, 6.45) is 5.01. The minimum Gasteiger partial charge on any atom is -0.354 e. The summed E-state index contributed by atoms with van der Waals surface area (Å²) in [6.45, 7) is 2.52. The van der Waals surface area contributed by atoms with Crippen LogP contribution in [0.3, 0.4) is 0 Å². The molecule has 194 valence electrons. The van der Waals surface area contributed by atoms with Gasteiger partial charge in [0.15, 0.2) is 0 Å². The maximum absolute atomic E-state index is 13.3. The van der Waals surface area contributed by atoms with Gasteiger partial charge in [-0.15, -0.1) is 5.10 Å². The maximum atomic E-state index is 13.3. The van der Waals surface area contributed by atoms with Crippen molar-refractivity contribution in [2.24, 2.45) is 0 Å². The lowest BCUT2D eigenvalue weighted by Gasteiger charge is -2.45. The molecule has 1 unspecified atom stereocenters. The van der Waals surface area contributed by atoms with Crippen molar-refractivity contribution in [2.45, 2.75) is 25.0 Å². The number of nitrogens with one attached hydrogen (secondary N) is 1. The number of benzene rings is 2. The number of carbonyl (C=O) groups excluding carboxylic acids is 2. The number of carbonyl (C=O) groups is 2. The third-order valence-electron chi connectivity index (χ3n) is 6.78. The van der Waals surface area contributed by atoms with E-state index in [1.165, 1.54) is 22.1 Å². The van der Waals surface area contributed by atoms with Crippen LogP contribution in [-0.4, -0.2) is 79.0 Å². The maximum Gasteiger partial charge on any atom is 0.255 e. The van der Waals surface area contributed by atoms with Gasteiger partial charge < -0.3 is 10.2 Å². The number of piperazine rings is 1. The van der Waals surface area contributed by atoms with Crippen molar-refractivity contribution in [3.8, 4) is 0 Å². The molecule has 4 aromatic rings. The number of aryl methyl sites for hydroxylation is 1. The molecule has 1 atom stereocenters. The van der Waals surface area contributed by atoms with Crippen LogP contribution in [0.15, 0.2) is 91.5 Å². The van der Waals surface area contributed by atoms with Gasteiger partial charge in [-0.3, -0.25) is 19.5 Å². The van der Waals surface area contributed by atoms with E-state index in [0.717, 1.165) is 0 Å². The predicted octanol–water partition coefficient (Wildman–Crippen LogP) is 2.19. The number of nitrogens with zero attached hydrogens (tertiary/aromatic N) is 7. The Kier molecular flexibility index (Phi) is 8.10. The summed E-state index contributed by atoms with van der Waals surface area (Å²) >= 11 is 0. The van der Waals surface area contributed by atoms with Gasteiger partial charge in [0.25, 0.3) is 5.91 Å². The molecule has 2 aromatic carbocycles. The molecule has 5 rings (SSSR count). The minimum absolute atomic E-state index is 0.0174.